The molecule has 2 saturated heterocycles. The normalized spacial score (nSPS) is 21.8. The van der Waals surface area contributed by atoms with Crippen molar-refractivity contribution in [3.63, 3.8) is 0 Å². The largest absolute Gasteiger partial charge is 0.491 e. The lowest BCUT2D eigenvalue weighted by molar-refractivity contribution is -0.0312. The van der Waals surface area contributed by atoms with Gasteiger partial charge in [0.05, 0.1) is 27.7 Å². The Morgan fingerprint density at radius 3 is 2.73 bits per heavy atom. The molecule has 12 nitrogen and oxygen atoms in total. The molecule has 0 radical (unpaired) electrons. The predicted molar refractivity (Wildman–Crippen MR) is 148 cm³/mol. The number of aliphatic hydroxyl groups excluding tert-OH is 1. The molecule has 2 fully saturated rings. The van der Waals surface area contributed by atoms with Gasteiger partial charge in [-0.1, -0.05) is 6.07 Å². The topological polar surface area (TPSA) is 156 Å². The number of nitrogens with one attached hydrogen (secondary N) is 3. The smallest absolute Gasteiger partial charge is 0.243 e. The minimum atomic E-state index is -3.64. The molecule has 1 spiro atoms. The summed E-state index contributed by atoms with van der Waals surface area (Å²) < 4.78 is 71.6. The second-order valence-corrected chi connectivity index (χ2v) is 14.1. The second-order valence-electron chi connectivity index (χ2n) is 10.3. The van der Waals surface area contributed by atoms with Crippen LogP contribution in [0.1, 0.15) is 19.3 Å². The van der Waals surface area contributed by atoms with Crippen LogP contribution in [0.15, 0.2) is 52.3 Å². The summed E-state index contributed by atoms with van der Waals surface area (Å²) in [6, 6.07) is 11.0. The van der Waals surface area contributed by atoms with Crippen molar-refractivity contribution in [2.75, 3.05) is 58.4 Å². The number of ether oxygens (including phenoxy) is 3. The molecule has 3 aliphatic rings. The highest BCUT2D eigenvalue weighted by molar-refractivity contribution is 7.89. The zero-order chi connectivity index (χ0) is 28.4. The first-order chi connectivity index (χ1) is 19.1. The first-order valence-corrected chi connectivity index (χ1v) is 16.3. The van der Waals surface area contributed by atoms with Crippen LogP contribution >= 0.6 is 0 Å². The third-order valence-electron chi connectivity index (χ3n) is 7.58. The van der Waals surface area contributed by atoms with Crippen LogP contribution in [-0.2, 0) is 24.8 Å². The molecule has 0 aromatic heterocycles. The first kappa shape index (κ1) is 29.0. The molecule has 2 unspecified atom stereocenters. The Bertz CT molecular complexity index is 1410. The van der Waals surface area contributed by atoms with Crippen LogP contribution in [0.25, 0.3) is 0 Å². The van der Waals surface area contributed by atoms with Crippen LogP contribution in [0.4, 0.5) is 5.69 Å². The Hall–Kier alpha value is -2.46. The summed E-state index contributed by atoms with van der Waals surface area (Å²) in [4.78, 5) is 0.334. The number of rotatable bonds is 10. The Labute approximate surface area is 235 Å². The van der Waals surface area contributed by atoms with Crippen LogP contribution < -0.4 is 24.8 Å². The number of aliphatic hydroxyl groups is 1. The van der Waals surface area contributed by atoms with Crippen molar-refractivity contribution in [3.05, 3.63) is 42.5 Å². The summed E-state index contributed by atoms with van der Waals surface area (Å²) in [7, 11) is -5.88. The third kappa shape index (κ3) is 6.38. The van der Waals surface area contributed by atoms with Gasteiger partial charge in [-0.15, -0.1) is 0 Å². The van der Waals surface area contributed by atoms with Gasteiger partial charge in [-0.05, 0) is 56.6 Å². The molecule has 0 amide bonds. The van der Waals surface area contributed by atoms with Crippen LogP contribution in [0.5, 0.6) is 11.5 Å². The Morgan fingerprint density at radius 2 is 1.95 bits per heavy atom. The number of hydrogen-bond donors (Lipinski definition) is 4. The summed E-state index contributed by atoms with van der Waals surface area (Å²) in [6.07, 6.45) is 1.09. The molecule has 3 aliphatic heterocycles. The molecule has 0 bridgehead atoms. The predicted octanol–water partition coefficient (Wildman–Crippen LogP) is 0.741. The number of piperidine rings is 1. The van der Waals surface area contributed by atoms with Gasteiger partial charge in [-0.2, -0.15) is 4.31 Å². The van der Waals surface area contributed by atoms with E-state index in [1.807, 2.05) is 0 Å². The van der Waals surface area contributed by atoms with Crippen molar-refractivity contribution in [2.24, 2.45) is 0 Å². The van der Waals surface area contributed by atoms with Crippen molar-refractivity contribution in [1.29, 1.82) is 0 Å². The summed E-state index contributed by atoms with van der Waals surface area (Å²) in [6.45, 7) is 2.66. The Balaban J connectivity index is 1.08. The minimum absolute atomic E-state index is 0.00800. The van der Waals surface area contributed by atoms with Crippen molar-refractivity contribution in [1.82, 2.24) is 14.3 Å². The van der Waals surface area contributed by atoms with Gasteiger partial charge < -0.3 is 30.0 Å². The zero-order valence-corrected chi connectivity index (χ0v) is 24.0. The Morgan fingerprint density at radius 1 is 1.15 bits per heavy atom. The van der Waals surface area contributed by atoms with Gasteiger partial charge in [0.25, 0.3) is 0 Å². The van der Waals surface area contributed by atoms with E-state index >= 15 is 0 Å². The molecule has 2 aromatic rings. The molecule has 0 aliphatic carbocycles. The maximum absolute atomic E-state index is 13.3. The number of nitrogens with zero attached hydrogens (tertiary/aromatic N) is 1. The number of hydrogen-bond acceptors (Lipinski definition) is 10. The average molecular weight is 597 g/mol. The van der Waals surface area contributed by atoms with Crippen LogP contribution in [0.2, 0.25) is 0 Å². The fraction of sp³-hybridized carbons (Fsp3) is 0.538. The van der Waals surface area contributed by atoms with E-state index in [1.54, 1.807) is 30.3 Å². The maximum atomic E-state index is 13.3. The Kier molecular flexibility index (Phi) is 8.57. The van der Waals surface area contributed by atoms with Crippen LogP contribution in [0, 0.1) is 0 Å². The van der Waals surface area contributed by atoms with E-state index in [-0.39, 0.29) is 29.0 Å². The van der Waals surface area contributed by atoms with Crippen LogP contribution in [-0.4, -0.2) is 97.0 Å². The summed E-state index contributed by atoms with van der Waals surface area (Å²) in [5.74, 6) is 1.01. The second kappa shape index (κ2) is 11.8. The van der Waals surface area contributed by atoms with E-state index in [0.717, 1.165) is 6.42 Å². The van der Waals surface area contributed by atoms with E-state index in [0.29, 0.717) is 62.9 Å². The van der Waals surface area contributed by atoms with Gasteiger partial charge in [0.1, 0.15) is 30.8 Å². The lowest BCUT2D eigenvalue weighted by atomic mass is 9.88. The van der Waals surface area contributed by atoms with Crippen LogP contribution in [0.3, 0.4) is 0 Å². The van der Waals surface area contributed by atoms with Gasteiger partial charge in [-0.25, -0.2) is 21.6 Å². The molecule has 2 aromatic carbocycles. The lowest BCUT2D eigenvalue weighted by Gasteiger charge is -2.38. The molecule has 220 valence electrons. The van der Waals surface area contributed by atoms with Gasteiger partial charge in [0.2, 0.25) is 20.0 Å². The third-order valence-corrected chi connectivity index (χ3v) is 10.9. The number of anilines is 1. The highest BCUT2D eigenvalue weighted by Gasteiger charge is 2.44. The highest BCUT2D eigenvalue weighted by Crippen LogP contribution is 2.38. The summed E-state index contributed by atoms with van der Waals surface area (Å²) >= 11 is 0. The number of fused-ring (bicyclic) bond motifs is 1. The van der Waals surface area contributed by atoms with E-state index in [4.69, 9.17) is 14.2 Å². The zero-order valence-electron chi connectivity index (χ0n) is 22.3. The quantitative estimate of drug-likeness (QED) is 0.309. The fourth-order valence-corrected chi connectivity index (χ4v) is 7.52. The van der Waals surface area contributed by atoms with E-state index < -0.39 is 31.8 Å². The molecule has 5 rings (SSSR count). The van der Waals surface area contributed by atoms with Crippen molar-refractivity contribution in [3.8, 4) is 11.5 Å². The molecular weight excluding hydrogens is 560 g/mol. The number of benzene rings is 2. The fourth-order valence-electron chi connectivity index (χ4n) is 5.29. The number of sulfonamides is 2. The SMILES string of the molecule is CNS(=O)(=O)c1cccc(OCC(O)CNC2COC3(CCN(S(=O)(=O)c4ccc5c(c4)NCCO5)CC3)C2)c1. The lowest BCUT2D eigenvalue weighted by Crippen LogP contribution is -2.47. The summed E-state index contributed by atoms with van der Waals surface area (Å²) in [5.41, 5.74) is 0.298. The van der Waals surface area contributed by atoms with Gasteiger partial charge in [-0.3, -0.25) is 0 Å². The van der Waals surface area contributed by atoms with Crippen molar-refractivity contribution >= 4 is 25.7 Å². The van der Waals surface area contributed by atoms with E-state index in [2.05, 4.69) is 15.4 Å². The molecule has 14 heteroatoms. The standard InChI is InChI=1S/C26H36N4O8S2/c1-27-39(32,33)22-4-2-3-21(13-22)37-18-20(31)16-29-19-15-26(38-17-19)7-10-30(11-8-26)40(34,35)23-5-6-25-24(14-23)28-9-12-36-25/h2-6,13-14,19-20,27-29,31H,7-12,15-18H2,1H3. The molecule has 40 heavy (non-hydrogen) atoms. The van der Waals surface area contributed by atoms with Gasteiger partial charge in [0.15, 0.2) is 0 Å². The highest BCUT2D eigenvalue weighted by atomic mass is 32.2. The maximum Gasteiger partial charge on any atom is 0.243 e. The van der Waals surface area contributed by atoms with Crippen molar-refractivity contribution in [2.45, 2.75) is 46.8 Å². The summed E-state index contributed by atoms with van der Waals surface area (Å²) in [5, 5.41) is 16.9. The molecule has 3 heterocycles. The van der Waals surface area contributed by atoms with E-state index in [9.17, 15) is 21.9 Å². The minimum Gasteiger partial charge on any atom is -0.491 e. The molecule has 2 atom stereocenters. The average Bonchev–Trinajstić information content (AvgIpc) is 3.37. The monoisotopic (exact) mass is 596 g/mol. The van der Waals surface area contributed by atoms with Crippen molar-refractivity contribution < 1.29 is 36.2 Å². The van der Waals surface area contributed by atoms with Gasteiger partial charge >= 0.3 is 0 Å². The van der Waals surface area contributed by atoms with E-state index in [1.165, 1.54) is 23.5 Å². The molecule has 0 saturated carbocycles. The molecule has 4 N–H and O–H groups in total. The van der Waals surface area contributed by atoms with Gasteiger partial charge in [0, 0.05) is 38.3 Å². The first-order valence-electron chi connectivity index (χ1n) is 13.3. The molecular formula is C26H36N4O8S2.